The van der Waals surface area contributed by atoms with E-state index in [0.29, 0.717) is 40.8 Å². The molecule has 6 nitrogen and oxygen atoms in total. The fourth-order valence-corrected chi connectivity index (χ4v) is 4.17. The molecule has 0 aliphatic carbocycles. The summed E-state index contributed by atoms with van der Waals surface area (Å²) in [6.07, 6.45) is 1.43. The molecule has 170 valence electrons. The van der Waals surface area contributed by atoms with Crippen LogP contribution < -0.4 is 15.2 Å². The minimum atomic E-state index is -0.930. The molecule has 2 aromatic carbocycles. The van der Waals surface area contributed by atoms with E-state index in [1.165, 1.54) is 6.20 Å². The number of hydrogen-bond donors (Lipinski definition) is 1. The molecule has 5 rings (SSSR count). The molecule has 3 aromatic rings. The van der Waals surface area contributed by atoms with Crippen molar-refractivity contribution in [2.24, 2.45) is 16.1 Å². The third-order valence-corrected chi connectivity index (χ3v) is 5.68. The maximum atomic E-state index is 14.4. The molecule has 0 radical (unpaired) electrons. The van der Waals surface area contributed by atoms with Gasteiger partial charge in [0.25, 0.3) is 0 Å². The number of amidine groups is 1. The van der Waals surface area contributed by atoms with E-state index >= 15 is 0 Å². The lowest BCUT2D eigenvalue weighted by Crippen LogP contribution is -2.42. The summed E-state index contributed by atoms with van der Waals surface area (Å²) in [5, 5.41) is 0. The Hall–Kier alpha value is -3.45. The molecular weight excluding hydrogens is 421 g/mol. The van der Waals surface area contributed by atoms with Gasteiger partial charge in [-0.2, -0.15) is 4.39 Å². The van der Waals surface area contributed by atoms with Crippen LogP contribution in [-0.4, -0.2) is 30.6 Å². The Morgan fingerprint density at radius 3 is 2.58 bits per heavy atom. The van der Waals surface area contributed by atoms with Gasteiger partial charge < -0.3 is 19.9 Å². The minimum absolute atomic E-state index is 0.00984. The van der Waals surface area contributed by atoms with Crippen LogP contribution in [0.5, 0.6) is 17.2 Å². The fraction of sp³-hybridized carbons (Fsp3) is 0.308. The molecule has 0 fully saturated rings. The number of nitrogens with zero attached hydrogens (tertiary/aromatic N) is 2. The predicted octanol–water partition coefficient (Wildman–Crippen LogP) is 5.05. The quantitative estimate of drug-likeness (QED) is 0.569. The molecule has 2 aliphatic rings. The van der Waals surface area contributed by atoms with Gasteiger partial charge in [-0.15, -0.1) is 0 Å². The molecule has 2 N–H and O–H groups in total. The van der Waals surface area contributed by atoms with Crippen LogP contribution >= 0.6 is 0 Å². The van der Waals surface area contributed by atoms with Crippen molar-refractivity contribution in [2.45, 2.75) is 26.3 Å². The third kappa shape index (κ3) is 3.93. The minimum Gasteiger partial charge on any atom is -0.493 e. The lowest BCUT2D eigenvalue weighted by atomic mass is 9.79. The molecular formula is C26H26FN3O3. The van der Waals surface area contributed by atoms with Gasteiger partial charge in [-0.1, -0.05) is 26.8 Å². The topological polar surface area (TPSA) is 79.0 Å². The zero-order chi connectivity index (χ0) is 23.2. The number of ether oxygens (including phenoxy) is 3. The van der Waals surface area contributed by atoms with Crippen molar-refractivity contribution >= 4 is 5.84 Å². The number of benzene rings is 2. The molecule has 1 spiro atoms. The van der Waals surface area contributed by atoms with E-state index in [2.05, 4.69) is 25.8 Å². The number of halogens is 1. The van der Waals surface area contributed by atoms with Gasteiger partial charge in [-0.25, -0.2) is 4.98 Å². The van der Waals surface area contributed by atoms with E-state index < -0.39 is 11.5 Å². The number of aliphatic imine (C=N–C) groups is 1. The van der Waals surface area contributed by atoms with Gasteiger partial charge in [0.2, 0.25) is 5.95 Å². The van der Waals surface area contributed by atoms with Crippen molar-refractivity contribution in [1.82, 2.24) is 4.98 Å². The summed E-state index contributed by atoms with van der Waals surface area (Å²) in [6.45, 7) is 7.44. The van der Waals surface area contributed by atoms with Crippen LogP contribution in [0.3, 0.4) is 0 Å². The summed E-state index contributed by atoms with van der Waals surface area (Å²) < 4.78 is 32.6. The molecule has 7 heteroatoms. The molecule has 0 saturated carbocycles. The van der Waals surface area contributed by atoms with Crippen molar-refractivity contribution < 1.29 is 18.6 Å². The van der Waals surface area contributed by atoms with Crippen LogP contribution in [0.2, 0.25) is 0 Å². The second kappa shape index (κ2) is 7.85. The predicted molar refractivity (Wildman–Crippen MR) is 124 cm³/mol. The highest BCUT2D eigenvalue weighted by Crippen LogP contribution is 2.52. The highest BCUT2D eigenvalue weighted by Gasteiger charge is 2.45. The highest BCUT2D eigenvalue weighted by atomic mass is 19.1. The molecule has 0 saturated heterocycles. The van der Waals surface area contributed by atoms with E-state index in [-0.39, 0.29) is 18.6 Å². The summed E-state index contributed by atoms with van der Waals surface area (Å²) in [5.41, 5.74) is 7.87. The lowest BCUT2D eigenvalue weighted by Gasteiger charge is -2.39. The van der Waals surface area contributed by atoms with Gasteiger partial charge in [0.05, 0.1) is 13.2 Å². The molecule has 1 aromatic heterocycles. The second-order valence-electron chi connectivity index (χ2n) is 9.62. The maximum Gasteiger partial charge on any atom is 0.220 e. The van der Waals surface area contributed by atoms with Crippen LogP contribution in [0.1, 0.15) is 31.9 Å². The summed E-state index contributed by atoms with van der Waals surface area (Å²) in [4.78, 5) is 8.67. The van der Waals surface area contributed by atoms with E-state index in [1.54, 1.807) is 12.1 Å². The standard InChI is InChI=1S/C26H26FN3O3/c1-25(2,3)14-32-17-7-9-22-20(12-17)26(15-31-13-23(28)30-26)19-11-16(6-8-21(19)33-22)18-5-4-10-29-24(18)27/h4-12H,13-15H2,1-3H3,(H2,28,30). The first kappa shape index (κ1) is 21.4. The molecule has 0 amide bonds. The van der Waals surface area contributed by atoms with Gasteiger partial charge in [-0.3, -0.25) is 4.99 Å². The number of aromatic nitrogens is 1. The average Bonchev–Trinajstić information content (AvgIpc) is 2.78. The largest absolute Gasteiger partial charge is 0.493 e. The van der Waals surface area contributed by atoms with Crippen LogP contribution in [0, 0.1) is 11.4 Å². The van der Waals surface area contributed by atoms with Crippen molar-refractivity contribution in [1.29, 1.82) is 0 Å². The van der Waals surface area contributed by atoms with Crippen molar-refractivity contribution in [3.63, 3.8) is 0 Å². The monoisotopic (exact) mass is 447 g/mol. The van der Waals surface area contributed by atoms with Crippen LogP contribution in [-0.2, 0) is 10.3 Å². The highest BCUT2D eigenvalue weighted by molar-refractivity contribution is 5.84. The van der Waals surface area contributed by atoms with E-state index in [4.69, 9.17) is 24.9 Å². The van der Waals surface area contributed by atoms with Gasteiger partial charge in [-0.05, 0) is 53.4 Å². The van der Waals surface area contributed by atoms with Gasteiger partial charge >= 0.3 is 0 Å². The Morgan fingerprint density at radius 1 is 1.09 bits per heavy atom. The Kier molecular flexibility index (Phi) is 5.09. The SMILES string of the molecule is CC(C)(C)COc1ccc2c(c1)C1(COCC(N)=N1)c1cc(-c3cccnc3F)ccc1O2. The Bertz CT molecular complexity index is 1250. The number of fused-ring (bicyclic) bond motifs is 4. The smallest absolute Gasteiger partial charge is 0.220 e. The van der Waals surface area contributed by atoms with E-state index in [0.717, 1.165) is 11.1 Å². The van der Waals surface area contributed by atoms with Crippen molar-refractivity contribution in [3.8, 4) is 28.4 Å². The van der Waals surface area contributed by atoms with Crippen molar-refractivity contribution in [3.05, 3.63) is 71.8 Å². The fourth-order valence-electron chi connectivity index (χ4n) is 4.17. The summed E-state index contributed by atoms with van der Waals surface area (Å²) >= 11 is 0. The number of nitrogens with two attached hydrogens (primary N) is 1. The van der Waals surface area contributed by atoms with E-state index in [1.807, 2.05) is 36.4 Å². The van der Waals surface area contributed by atoms with Gasteiger partial charge in [0.1, 0.15) is 35.2 Å². The van der Waals surface area contributed by atoms with Crippen molar-refractivity contribution in [2.75, 3.05) is 19.8 Å². The van der Waals surface area contributed by atoms with Gasteiger partial charge in [0, 0.05) is 22.9 Å². The normalized spacial score (nSPS) is 19.3. The maximum absolute atomic E-state index is 14.4. The zero-order valence-electron chi connectivity index (χ0n) is 18.9. The Labute approximate surface area is 192 Å². The Balaban J connectivity index is 1.66. The van der Waals surface area contributed by atoms with Crippen LogP contribution in [0.4, 0.5) is 4.39 Å². The summed E-state index contributed by atoms with van der Waals surface area (Å²) in [6, 6.07) is 14.6. The Morgan fingerprint density at radius 2 is 1.85 bits per heavy atom. The second-order valence-corrected chi connectivity index (χ2v) is 9.62. The molecule has 0 bridgehead atoms. The van der Waals surface area contributed by atoms with E-state index in [9.17, 15) is 4.39 Å². The molecule has 1 atom stereocenters. The van der Waals surface area contributed by atoms with Gasteiger partial charge in [0.15, 0.2) is 0 Å². The average molecular weight is 448 g/mol. The first-order valence-corrected chi connectivity index (χ1v) is 10.9. The molecule has 2 aliphatic heterocycles. The zero-order valence-corrected chi connectivity index (χ0v) is 18.9. The summed E-state index contributed by atoms with van der Waals surface area (Å²) in [7, 11) is 0. The number of pyridine rings is 1. The number of hydrogen-bond acceptors (Lipinski definition) is 6. The third-order valence-electron chi connectivity index (χ3n) is 5.68. The molecule has 3 heterocycles. The van der Waals surface area contributed by atoms with Crippen LogP contribution in [0.25, 0.3) is 11.1 Å². The van der Waals surface area contributed by atoms with Crippen LogP contribution in [0.15, 0.2) is 59.7 Å². The first-order chi connectivity index (χ1) is 15.7. The lowest BCUT2D eigenvalue weighted by molar-refractivity contribution is 0.109. The number of rotatable bonds is 3. The first-order valence-electron chi connectivity index (χ1n) is 10.9. The summed E-state index contributed by atoms with van der Waals surface area (Å²) in [5.74, 6) is 1.85. The molecule has 1 unspecified atom stereocenters. The molecule has 33 heavy (non-hydrogen) atoms.